The zero-order chi connectivity index (χ0) is 18.7. The Balaban J connectivity index is 1.81. The molecule has 0 bridgehead atoms. The number of nitrogens with zero attached hydrogens (tertiary/aromatic N) is 2. The van der Waals surface area contributed by atoms with E-state index in [1.165, 1.54) is 0 Å². The third-order valence-electron chi connectivity index (χ3n) is 5.75. The molecule has 1 fully saturated rings. The Morgan fingerprint density at radius 1 is 1.19 bits per heavy atom. The van der Waals surface area contributed by atoms with E-state index in [9.17, 15) is 4.79 Å². The van der Waals surface area contributed by atoms with E-state index in [1.807, 2.05) is 36.2 Å². The van der Waals surface area contributed by atoms with Gasteiger partial charge < -0.3 is 14.4 Å². The molecule has 1 aliphatic heterocycles. The topological polar surface area (TPSA) is 42.0 Å². The lowest BCUT2D eigenvalue weighted by atomic mass is 9.83. The van der Waals surface area contributed by atoms with Crippen molar-refractivity contribution in [2.75, 3.05) is 34.4 Å². The van der Waals surface area contributed by atoms with Gasteiger partial charge in [-0.05, 0) is 30.7 Å². The van der Waals surface area contributed by atoms with Crippen molar-refractivity contribution < 1.29 is 14.3 Å². The van der Waals surface area contributed by atoms with Gasteiger partial charge in [-0.15, -0.1) is 0 Å². The van der Waals surface area contributed by atoms with E-state index in [4.69, 9.17) is 9.47 Å². The lowest BCUT2D eigenvalue weighted by Crippen LogP contribution is -2.59. The first-order valence-corrected chi connectivity index (χ1v) is 9.81. The molecule has 0 aromatic heterocycles. The third-order valence-corrected chi connectivity index (χ3v) is 6.28. The van der Waals surface area contributed by atoms with Crippen molar-refractivity contribution in [1.29, 1.82) is 0 Å². The predicted octanol–water partition coefficient (Wildman–Crippen LogP) is 3.30. The molecule has 1 amide bonds. The van der Waals surface area contributed by atoms with E-state index in [0.29, 0.717) is 5.56 Å². The average molecular weight is 423 g/mol. The zero-order valence-electron chi connectivity index (χ0n) is 15.7. The highest BCUT2D eigenvalue weighted by Crippen LogP contribution is 2.37. The fraction of sp³-hybridized carbons (Fsp3) is 0.550. The lowest BCUT2D eigenvalue weighted by Gasteiger charge is -2.48. The van der Waals surface area contributed by atoms with E-state index in [1.54, 1.807) is 14.2 Å². The van der Waals surface area contributed by atoms with Crippen molar-refractivity contribution in [2.24, 2.45) is 0 Å². The Morgan fingerprint density at radius 2 is 1.81 bits per heavy atom. The van der Waals surface area contributed by atoms with Gasteiger partial charge in [-0.1, -0.05) is 28.1 Å². The minimum Gasteiger partial charge on any atom is -0.353 e. The van der Waals surface area contributed by atoms with Gasteiger partial charge in [0, 0.05) is 69.3 Å². The standard InChI is InChI=1S/C20H27BrN2O3/c1-22(19(24)15-6-8-16(21)9-7-15)17-10-11-20(25-2,26-3)14-18(17)23-12-4-5-13-23/h4-9,17-18H,10-14H2,1-3H3. The monoisotopic (exact) mass is 422 g/mol. The summed E-state index contributed by atoms with van der Waals surface area (Å²) in [6, 6.07) is 7.88. The second-order valence-electron chi connectivity index (χ2n) is 7.04. The van der Waals surface area contributed by atoms with Crippen LogP contribution < -0.4 is 0 Å². The summed E-state index contributed by atoms with van der Waals surface area (Å²) in [7, 11) is 5.33. The molecule has 1 heterocycles. The predicted molar refractivity (Wildman–Crippen MR) is 105 cm³/mol. The summed E-state index contributed by atoms with van der Waals surface area (Å²) in [6.07, 6.45) is 6.75. The number of halogens is 1. The van der Waals surface area contributed by atoms with Crippen LogP contribution in [0.4, 0.5) is 0 Å². The normalized spacial score (nSPS) is 25.4. The number of hydrogen-bond acceptors (Lipinski definition) is 4. The van der Waals surface area contributed by atoms with E-state index < -0.39 is 5.79 Å². The molecule has 1 aromatic rings. The van der Waals surface area contributed by atoms with Crippen LogP contribution in [-0.2, 0) is 9.47 Å². The van der Waals surface area contributed by atoms with Crippen LogP contribution in [0.1, 0.15) is 29.6 Å². The van der Waals surface area contributed by atoms with Gasteiger partial charge in [0.1, 0.15) is 0 Å². The Hall–Kier alpha value is -1.21. The molecule has 2 aliphatic rings. The first-order valence-electron chi connectivity index (χ1n) is 9.02. The molecule has 1 aromatic carbocycles. The molecule has 0 spiro atoms. The number of methoxy groups -OCH3 is 2. The maximum Gasteiger partial charge on any atom is 0.253 e. The molecule has 3 rings (SSSR count). The van der Waals surface area contributed by atoms with Crippen molar-refractivity contribution in [3.63, 3.8) is 0 Å². The Bertz CT molecular complexity index is 650. The summed E-state index contributed by atoms with van der Waals surface area (Å²) in [6.45, 7) is 1.82. The van der Waals surface area contributed by atoms with Gasteiger partial charge in [0.25, 0.3) is 5.91 Å². The summed E-state index contributed by atoms with van der Waals surface area (Å²) in [4.78, 5) is 17.3. The molecule has 142 valence electrons. The fourth-order valence-electron chi connectivity index (χ4n) is 4.11. The highest BCUT2D eigenvalue weighted by atomic mass is 79.9. The molecule has 5 nitrogen and oxygen atoms in total. The Labute approximate surface area is 164 Å². The molecular formula is C20H27BrN2O3. The summed E-state index contributed by atoms with van der Waals surface area (Å²) in [5.41, 5.74) is 0.712. The number of hydrogen-bond donors (Lipinski definition) is 0. The van der Waals surface area contributed by atoms with Gasteiger partial charge in [0.05, 0.1) is 0 Å². The second kappa shape index (κ2) is 8.21. The van der Waals surface area contributed by atoms with Crippen LogP contribution in [0, 0.1) is 0 Å². The number of carbonyl (C=O) groups is 1. The highest BCUT2D eigenvalue weighted by molar-refractivity contribution is 9.10. The number of rotatable bonds is 5. The van der Waals surface area contributed by atoms with Gasteiger partial charge in [0.2, 0.25) is 0 Å². The van der Waals surface area contributed by atoms with Gasteiger partial charge in [-0.2, -0.15) is 0 Å². The van der Waals surface area contributed by atoms with Crippen LogP contribution >= 0.6 is 15.9 Å². The zero-order valence-corrected chi connectivity index (χ0v) is 17.2. The molecule has 0 radical (unpaired) electrons. The van der Waals surface area contributed by atoms with Crippen LogP contribution in [0.15, 0.2) is 40.9 Å². The molecule has 26 heavy (non-hydrogen) atoms. The lowest BCUT2D eigenvalue weighted by molar-refractivity contribution is -0.237. The van der Waals surface area contributed by atoms with Crippen molar-refractivity contribution in [1.82, 2.24) is 9.80 Å². The van der Waals surface area contributed by atoms with Gasteiger partial charge >= 0.3 is 0 Å². The smallest absolute Gasteiger partial charge is 0.253 e. The molecule has 6 heteroatoms. The number of carbonyl (C=O) groups excluding carboxylic acids is 1. The number of ether oxygens (including phenoxy) is 2. The quantitative estimate of drug-likeness (QED) is 0.539. The minimum absolute atomic E-state index is 0.0574. The molecule has 0 saturated heterocycles. The molecule has 1 aliphatic carbocycles. The summed E-state index contributed by atoms with van der Waals surface area (Å²) < 4.78 is 12.4. The SMILES string of the molecule is COC1(OC)CCC(N(C)C(=O)c2ccc(Br)cc2)C(N2CC=CC2)C1. The van der Waals surface area contributed by atoms with Gasteiger partial charge in [-0.3, -0.25) is 9.69 Å². The van der Waals surface area contributed by atoms with Gasteiger partial charge in [0.15, 0.2) is 5.79 Å². The minimum atomic E-state index is -0.564. The highest BCUT2D eigenvalue weighted by Gasteiger charge is 2.46. The largest absolute Gasteiger partial charge is 0.353 e. The molecule has 1 saturated carbocycles. The van der Waals surface area contributed by atoms with Crippen LogP contribution in [-0.4, -0.2) is 67.9 Å². The Morgan fingerprint density at radius 3 is 2.38 bits per heavy atom. The van der Waals surface area contributed by atoms with E-state index >= 15 is 0 Å². The van der Waals surface area contributed by atoms with Crippen molar-refractivity contribution in [3.05, 3.63) is 46.5 Å². The van der Waals surface area contributed by atoms with Crippen molar-refractivity contribution >= 4 is 21.8 Å². The number of amides is 1. The average Bonchev–Trinajstić information content (AvgIpc) is 3.21. The van der Waals surface area contributed by atoms with Crippen LogP contribution in [0.25, 0.3) is 0 Å². The summed E-state index contributed by atoms with van der Waals surface area (Å²) in [5.74, 6) is -0.507. The maximum atomic E-state index is 13.0. The van der Waals surface area contributed by atoms with Crippen LogP contribution in [0.2, 0.25) is 0 Å². The van der Waals surface area contributed by atoms with E-state index in [0.717, 1.165) is 36.8 Å². The summed E-state index contributed by atoms with van der Waals surface area (Å²) in [5, 5.41) is 0. The summed E-state index contributed by atoms with van der Waals surface area (Å²) >= 11 is 3.42. The van der Waals surface area contributed by atoms with Crippen LogP contribution in [0.5, 0.6) is 0 Å². The van der Waals surface area contributed by atoms with E-state index in [2.05, 4.69) is 33.0 Å². The molecule has 2 unspecified atom stereocenters. The molecule has 2 atom stereocenters. The van der Waals surface area contributed by atoms with Crippen LogP contribution in [0.3, 0.4) is 0 Å². The van der Waals surface area contributed by atoms with Gasteiger partial charge in [-0.25, -0.2) is 0 Å². The second-order valence-corrected chi connectivity index (χ2v) is 7.96. The number of benzene rings is 1. The van der Waals surface area contributed by atoms with E-state index in [-0.39, 0.29) is 18.0 Å². The molecular weight excluding hydrogens is 396 g/mol. The first kappa shape index (κ1) is 19.5. The van der Waals surface area contributed by atoms with Crippen molar-refractivity contribution in [2.45, 2.75) is 37.1 Å². The third kappa shape index (κ3) is 3.88. The first-order chi connectivity index (χ1) is 12.5. The maximum absolute atomic E-state index is 13.0. The van der Waals surface area contributed by atoms with Crippen molar-refractivity contribution in [3.8, 4) is 0 Å². The number of likely N-dealkylation sites (N-methyl/N-ethyl adjacent to an activating group) is 1. The Kier molecular flexibility index (Phi) is 6.17. The fourth-order valence-corrected chi connectivity index (χ4v) is 4.37. The molecule has 0 N–H and O–H groups in total.